The highest BCUT2D eigenvalue weighted by Crippen LogP contribution is 2.30. The number of fused-ring (bicyclic) bond motifs is 1. The molecular formula is C17H14Cl2N2O4S. The maximum atomic E-state index is 12.5. The highest BCUT2D eigenvalue weighted by molar-refractivity contribution is 7.90. The average molecular weight is 413 g/mol. The molecule has 2 aromatic rings. The van der Waals surface area contributed by atoms with Crippen molar-refractivity contribution < 1.29 is 18.0 Å². The summed E-state index contributed by atoms with van der Waals surface area (Å²) < 4.78 is 25.5. The molecule has 1 aliphatic rings. The predicted molar refractivity (Wildman–Crippen MR) is 97.7 cm³/mol. The first-order valence-corrected chi connectivity index (χ1v) is 9.82. The smallest absolute Gasteiger partial charge is 0.269 e. The van der Waals surface area contributed by atoms with Crippen LogP contribution in [-0.2, 0) is 14.8 Å². The van der Waals surface area contributed by atoms with Crippen LogP contribution in [0.5, 0.6) is 0 Å². The minimum absolute atomic E-state index is 0.0640. The molecule has 1 aliphatic heterocycles. The summed E-state index contributed by atoms with van der Waals surface area (Å²) >= 11 is 12.0. The Morgan fingerprint density at radius 3 is 2.54 bits per heavy atom. The first kappa shape index (κ1) is 18.7. The van der Waals surface area contributed by atoms with Crippen LogP contribution in [0.25, 0.3) is 0 Å². The van der Waals surface area contributed by atoms with E-state index < -0.39 is 34.4 Å². The number of nitrogens with zero attached hydrogens (tertiary/aromatic N) is 1. The van der Waals surface area contributed by atoms with E-state index in [1.54, 1.807) is 31.2 Å². The molecule has 3 rings (SSSR count). The van der Waals surface area contributed by atoms with Crippen LogP contribution < -0.4 is 5.32 Å². The molecule has 0 aromatic heterocycles. The minimum Gasteiger partial charge on any atom is -0.348 e. The maximum Gasteiger partial charge on any atom is 0.269 e. The molecule has 0 radical (unpaired) electrons. The number of amides is 2. The van der Waals surface area contributed by atoms with Crippen molar-refractivity contribution in [3.05, 3.63) is 63.6 Å². The van der Waals surface area contributed by atoms with Crippen molar-refractivity contribution >= 4 is 45.0 Å². The Hall–Kier alpha value is -2.09. The molecule has 1 N–H and O–H groups in total. The van der Waals surface area contributed by atoms with E-state index in [0.717, 1.165) is 0 Å². The summed E-state index contributed by atoms with van der Waals surface area (Å²) in [6.45, 7) is 1.09. The lowest BCUT2D eigenvalue weighted by Crippen LogP contribution is -2.41. The van der Waals surface area contributed by atoms with Crippen LogP contribution in [0.4, 0.5) is 0 Å². The van der Waals surface area contributed by atoms with Crippen LogP contribution in [0.2, 0.25) is 10.0 Å². The lowest BCUT2D eigenvalue weighted by atomic mass is 10.1. The predicted octanol–water partition coefficient (Wildman–Crippen LogP) is 3.02. The van der Waals surface area contributed by atoms with Gasteiger partial charge in [-0.25, -0.2) is 12.7 Å². The Morgan fingerprint density at radius 2 is 1.88 bits per heavy atom. The summed E-state index contributed by atoms with van der Waals surface area (Å²) in [6.07, 6.45) is 0. The van der Waals surface area contributed by atoms with Crippen LogP contribution >= 0.6 is 23.2 Å². The van der Waals surface area contributed by atoms with Crippen LogP contribution in [0, 0.1) is 0 Å². The third-order valence-electron chi connectivity index (χ3n) is 4.01. The quantitative estimate of drug-likeness (QED) is 0.836. The van der Waals surface area contributed by atoms with Crippen molar-refractivity contribution in [3.8, 4) is 0 Å². The van der Waals surface area contributed by atoms with Crippen molar-refractivity contribution in [2.45, 2.75) is 17.9 Å². The van der Waals surface area contributed by atoms with Gasteiger partial charge in [0.2, 0.25) is 5.91 Å². The summed E-state index contributed by atoms with van der Waals surface area (Å²) in [5.74, 6) is -1.33. The van der Waals surface area contributed by atoms with Gasteiger partial charge in [-0.2, -0.15) is 0 Å². The summed E-state index contributed by atoms with van der Waals surface area (Å²) in [5, 5.41) is 3.48. The third kappa shape index (κ3) is 3.30. The topological polar surface area (TPSA) is 83.6 Å². The molecule has 1 heterocycles. The molecule has 26 heavy (non-hydrogen) atoms. The number of sulfonamides is 1. The van der Waals surface area contributed by atoms with Gasteiger partial charge >= 0.3 is 0 Å². The largest absolute Gasteiger partial charge is 0.348 e. The Balaban J connectivity index is 1.76. The van der Waals surface area contributed by atoms with Gasteiger partial charge in [-0.3, -0.25) is 9.59 Å². The second kappa shape index (κ2) is 6.90. The first-order chi connectivity index (χ1) is 12.2. The first-order valence-electron chi connectivity index (χ1n) is 7.62. The van der Waals surface area contributed by atoms with E-state index in [-0.39, 0.29) is 10.5 Å². The van der Waals surface area contributed by atoms with Gasteiger partial charge in [-0.05, 0) is 36.8 Å². The number of benzene rings is 2. The van der Waals surface area contributed by atoms with Gasteiger partial charge in [0.25, 0.3) is 15.9 Å². The van der Waals surface area contributed by atoms with Crippen molar-refractivity contribution in [2.75, 3.05) is 6.54 Å². The molecule has 0 aliphatic carbocycles. The summed E-state index contributed by atoms with van der Waals surface area (Å²) in [5.41, 5.74) is 0.692. The van der Waals surface area contributed by atoms with Crippen LogP contribution in [0.15, 0.2) is 47.4 Å². The van der Waals surface area contributed by atoms with Gasteiger partial charge in [0, 0.05) is 10.0 Å². The van der Waals surface area contributed by atoms with Crippen LogP contribution in [0.3, 0.4) is 0 Å². The van der Waals surface area contributed by atoms with Gasteiger partial charge in [0.1, 0.15) is 11.4 Å². The summed E-state index contributed by atoms with van der Waals surface area (Å²) in [4.78, 5) is 24.5. The SMILES string of the molecule is C[C@@H](NC(=O)CN1C(=O)c2ccccc2S1(=O)=O)c1ccc(Cl)cc1Cl. The van der Waals surface area contributed by atoms with Crippen molar-refractivity contribution in [2.24, 2.45) is 0 Å². The highest BCUT2D eigenvalue weighted by Gasteiger charge is 2.41. The number of nitrogens with one attached hydrogen (secondary N) is 1. The zero-order valence-corrected chi connectivity index (χ0v) is 15.9. The van der Waals surface area contributed by atoms with E-state index in [0.29, 0.717) is 19.9 Å². The maximum absolute atomic E-state index is 12.5. The molecular weight excluding hydrogens is 399 g/mol. The van der Waals surface area contributed by atoms with Crippen molar-refractivity contribution in [1.82, 2.24) is 9.62 Å². The molecule has 0 fully saturated rings. The number of halogens is 2. The molecule has 0 unspecified atom stereocenters. The van der Waals surface area contributed by atoms with Crippen LogP contribution in [-0.4, -0.2) is 31.1 Å². The van der Waals surface area contributed by atoms with E-state index in [9.17, 15) is 18.0 Å². The minimum atomic E-state index is -4.03. The third-order valence-corrected chi connectivity index (χ3v) is 6.36. The van der Waals surface area contributed by atoms with Crippen molar-refractivity contribution in [1.29, 1.82) is 0 Å². The van der Waals surface area contributed by atoms with Crippen LogP contribution in [0.1, 0.15) is 28.9 Å². The molecule has 1 atom stereocenters. The number of carbonyl (C=O) groups is 2. The zero-order chi connectivity index (χ0) is 19.1. The molecule has 9 heteroatoms. The number of rotatable bonds is 4. The molecule has 0 saturated carbocycles. The Labute approximate surface area is 160 Å². The Kier molecular flexibility index (Phi) is 4.96. The van der Waals surface area contributed by atoms with E-state index in [2.05, 4.69) is 5.32 Å². The fourth-order valence-corrected chi connectivity index (χ4v) is 4.83. The van der Waals surface area contributed by atoms with E-state index in [4.69, 9.17) is 23.2 Å². The van der Waals surface area contributed by atoms with Gasteiger partial charge < -0.3 is 5.32 Å². The molecule has 0 spiro atoms. The standard InChI is InChI=1S/C17H14Cl2N2O4S/c1-10(12-7-6-11(18)8-14(12)19)20-16(22)9-21-17(23)13-4-2-3-5-15(13)26(21,24)25/h2-8,10H,9H2,1H3,(H,20,22)/t10-/m1/s1. The molecule has 2 amide bonds. The second-order valence-corrected chi connectivity index (χ2v) is 8.44. The van der Waals surface area contributed by atoms with E-state index in [1.807, 2.05) is 0 Å². The number of hydrogen-bond acceptors (Lipinski definition) is 4. The van der Waals surface area contributed by atoms with Crippen molar-refractivity contribution in [3.63, 3.8) is 0 Å². The lowest BCUT2D eigenvalue weighted by Gasteiger charge is -2.19. The van der Waals surface area contributed by atoms with Gasteiger partial charge in [-0.1, -0.05) is 41.4 Å². The van der Waals surface area contributed by atoms with Gasteiger partial charge in [0.05, 0.1) is 11.6 Å². The van der Waals surface area contributed by atoms with E-state index in [1.165, 1.54) is 18.2 Å². The van der Waals surface area contributed by atoms with Gasteiger partial charge in [0.15, 0.2) is 0 Å². The molecule has 2 aromatic carbocycles. The fraction of sp³-hybridized carbons (Fsp3) is 0.176. The second-order valence-electron chi connectivity index (χ2n) is 5.77. The molecule has 0 bridgehead atoms. The average Bonchev–Trinajstić information content (AvgIpc) is 2.76. The van der Waals surface area contributed by atoms with Gasteiger partial charge in [-0.15, -0.1) is 0 Å². The monoisotopic (exact) mass is 412 g/mol. The molecule has 6 nitrogen and oxygen atoms in total. The highest BCUT2D eigenvalue weighted by atomic mass is 35.5. The molecule has 0 saturated heterocycles. The van der Waals surface area contributed by atoms with E-state index >= 15 is 0 Å². The number of hydrogen-bond donors (Lipinski definition) is 1. The Bertz CT molecular complexity index is 1010. The zero-order valence-electron chi connectivity index (χ0n) is 13.6. The number of carbonyl (C=O) groups excluding carboxylic acids is 2. The normalized spacial score (nSPS) is 16.3. The summed E-state index contributed by atoms with van der Waals surface area (Å²) in [6, 6.07) is 10.2. The Morgan fingerprint density at radius 1 is 1.19 bits per heavy atom. The fourth-order valence-electron chi connectivity index (χ4n) is 2.74. The summed E-state index contributed by atoms with van der Waals surface area (Å²) in [7, 11) is -4.03. The lowest BCUT2D eigenvalue weighted by molar-refractivity contribution is -0.121. The molecule has 136 valence electrons.